The van der Waals surface area contributed by atoms with Crippen molar-refractivity contribution in [2.45, 2.75) is 49.9 Å². The fraction of sp³-hybridized carbons (Fsp3) is 0.917. The summed E-state index contributed by atoms with van der Waals surface area (Å²) in [5.41, 5.74) is 0. The van der Waals surface area contributed by atoms with E-state index in [1.165, 1.54) is 18.6 Å². The van der Waals surface area contributed by atoms with Crippen LogP contribution in [0.15, 0.2) is 0 Å². The number of hydrogen-bond donors (Lipinski definition) is 1. The fourth-order valence-corrected chi connectivity index (χ4v) is 3.75. The van der Waals surface area contributed by atoms with Gasteiger partial charge in [0.2, 0.25) is 5.91 Å². The molecule has 3 atom stereocenters. The number of hydrogen-bond acceptors (Lipinski definition) is 3. The van der Waals surface area contributed by atoms with E-state index >= 15 is 0 Å². The van der Waals surface area contributed by atoms with E-state index in [1.54, 1.807) is 0 Å². The maximum Gasteiger partial charge on any atom is 0.222 e. The van der Waals surface area contributed by atoms with Crippen LogP contribution in [0.5, 0.6) is 0 Å². The third kappa shape index (κ3) is 2.92. The summed E-state index contributed by atoms with van der Waals surface area (Å²) in [4.78, 5) is 13.3. The second-order valence-corrected chi connectivity index (χ2v) is 6.49. The lowest BCUT2D eigenvalue weighted by atomic mass is 10.0. The highest BCUT2D eigenvalue weighted by Crippen LogP contribution is 2.26. The molecule has 0 bridgehead atoms. The molecule has 2 saturated heterocycles. The number of nitrogens with one attached hydrogen (secondary N) is 1. The number of piperidine rings is 1. The molecule has 2 fully saturated rings. The molecule has 4 heteroatoms. The van der Waals surface area contributed by atoms with Crippen molar-refractivity contribution in [1.82, 2.24) is 10.2 Å². The highest BCUT2D eigenvalue weighted by Gasteiger charge is 2.28. The zero-order valence-electron chi connectivity index (χ0n) is 10.2. The van der Waals surface area contributed by atoms with Crippen molar-refractivity contribution in [3.63, 3.8) is 0 Å². The summed E-state index contributed by atoms with van der Waals surface area (Å²) in [6, 6.07) is 1.15. The van der Waals surface area contributed by atoms with Crippen LogP contribution < -0.4 is 5.32 Å². The second-order valence-electron chi connectivity index (χ2n) is 5.00. The minimum Gasteiger partial charge on any atom is -0.344 e. The second kappa shape index (κ2) is 5.41. The molecule has 0 saturated carbocycles. The van der Waals surface area contributed by atoms with Crippen LogP contribution in [0.1, 0.15) is 32.6 Å². The van der Waals surface area contributed by atoms with E-state index in [1.807, 2.05) is 11.9 Å². The Labute approximate surface area is 102 Å². The van der Waals surface area contributed by atoms with Gasteiger partial charge in [-0.05, 0) is 25.0 Å². The quantitative estimate of drug-likeness (QED) is 0.796. The molecular formula is C12H22N2OS. The number of amides is 1. The molecule has 2 rings (SSSR count). The van der Waals surface area contributed by atoms with E-state index in [9.17, 15) is 4.79 Å². The molecule has 1 N–H and O–H groups in total. The minimum absolute atomic E-state index is 0.295. The zero-order chi connectivity index (χ0) is 11.5. The molecule has 92 valence electrons. The van der Waals surface area contributed by atoms with Crippen molar-refractivity contribution >= 4 is 17.7 Å². The van der Waals surface area contributed by atoms with Gasteiger partial charge in [0.15, 0.2) is 0 Å². The van der Waals surface area contributed by atoms with E-state index < -0.39 is 0 Å². The summed E-state index contributed by atoms with van der Waals surface area (Å²) < 4.78 is 0. The number of nitrogens with zero attached hydrogens (tertiary/aromatic N) is 1. The fourth-order valence-electron chi connectivity index (χ4n) is 2.59. The average molecular weight is 242 g/mol. The summed E-state index contributed by atoms with van der Waals surface area (Å²) >= 11 is 2.07. The van der Waals surface area contributed by atoms with E-state index in [0.717, 1.165) is 18.2 Å². The molecule has 0 aromatic rings. The Balaban J connectivity index is 1.82. The molecule has 0 aromatic heterocycles. The number of likely N-dealkylation sites (N-methyl/N-ethyl adjacent to an activating group) is 1. The van der Waals surface area contributed by atoms with Gasteiger partial charge < -0.3 is 10.2 Å². The van der Waals surface area contributed by atoms with Gasteiger partial charge in [0.05, 0.1) is 0 Å². The van der Waals surface area contributed by atoms with E-state index in [-0.39, 0.29) is 0 Å². The van der Waals surface area contributed by atoms with Gasteiger partial charge in [-0.25, -0.2) is 0 Å². The third-order valence-electron chi connectivity index (χ3n) is 3.68. The highest BCUT2D eigenvalue weighted by molar-refractivity contribution is 7.99. The lowest BCUT2D eigenvalue weighted by molar-refractivity contribution is -0.132. The first kappa shape index (κ1) is 12.2. The molecule has 0 radical (unpaired) electrons. The molecule has 0 spiro atoms. The normalized spacial score (nSPS) is 36.5. The van der Waals surface area contributed by atoms with Crippen LogP contribution in [0.25, 0.3) is 0 Å². The van der Waals surface area contributed by atoms with E-state index in [4.69, 9.17) is 0 Å². The first-order valence-corrected chi connectivity index (χ1v) is 7.33. The molecule has 0 aromatic carbocycles. The number of carbonyl (C=O) groups is 1. The summed E-state index contributed by atoms with van der Waals surface area (Å²) in [6.45, 7) is 3.20. The van der Waals surface area contributed by atoms with Gasteiger partial charge in [-0.2, -0.15) is 11.8 Å². The zero-order valence-corrected chi connectivity index (χ0v) is 11.1. The molecule has 1 amide bonds. The number of carbonyl (C=O) groups excluding carboxylic acids is 1. The van der Waals surface area contributed by atoms with Gasteiger partial charge >= 0.3 is 0 Å². The first-order chi connectivity index (χ1) is 7.66. The number of rotatable bonds is 2. The Morgan fingerprint density at radius 1 is 1.44 bits per heavy atom. The predicted molar refractivity (Wildman–Crippen MR) is 68.7 cm³/mol. The van der Waals surface area contributed by atoms with E-state index in [2.05, 4.69) is 24.0 Å². The lowest BCUT2D eigenvalue weighted by Crippen LogP contribution is -2.52. The molecule has 3 unspecified atom stereocenters. The van der Waals surface area contributed by atoms with Gasteiger partial charge in [0.1, 0.15) is 0 Å². The van der Waals surface area contributed by atoms with Gasteiger partial charge in [-0.1, -0.05) is 6.92 Å². The van der Waals surface area contributed by atoms with Crippen LogP contribution in [0.4, 0.5) is 0 Å². The Morgan fingerprint density at radius 2 is 2.25 bits per heavy atom. The Bertz CT molecular complexity index is 259. The molecule has 16 heavy (non-hydrogen) atoms. The third-order valence-corrected chi connectivity index (χ3v) is 5.06. The van der Waals surface area contributed by atoms with Crippen LogP contribution >= 0.6 is 11.8 Å². The average Bonchev–Trinajstić information content (AvgIpc) is 2.27. The molecule has 2 heterocycles. The van der Waals surface area contributed by atoms with Crippen molar-refractivity contribution in [1.29, 1.82) is 0 Å². The van der Waals surface area contributed by atoms with Gasteiger partial charge in [-0.3, -0.25) is 4.79 Å². The van der Waals surface area contributed by atoms with Gasteiger partial charge in [0, 0.05) is 37.3 Å². The smallest absolute Gasteiger partial charge is 0.222 e. The number of likely N-dealkylation sites (tertiary alicyclic amines) is 1. The monoisotopic (exact) mass is 242 g/mol. The van der Waals surface area contributed by atoms with Crippen LogP contribution in [-0.4, -0.2) is 47.5 Å². The molecule has 2 aliphatic heterocycles. The Hall–Kier alpha value is -0.220. The molecule has 2 aliphatic rings. The van der Waals surface area contributed by atoms with Crippen molar-refractivity contribution in [3.05, 3.63) is 0 Å². The Kier molecular flexibility index (Phi) is 4.14. The predicted octanol–water partition coefficient (Wildman–Crippen LogP) is 1.48. The van der Waals surface area contributed by atoms with Crippen molar-refractivity contribution < 1.29 is 4.79 Å². The summed E-state index contributed by atoms with van der Waals surface area (Å²) in [7, 11) is 1.91. The van der Waals surface area contributed by atoms with Gasteiger partial charge in [-0.15, -0.1) is 0 Å². The highest BCUT2D eigenvalue weighted by atomic mass is 32.2. The maximum absolute atomic E-state index is 11.4. The first-order valence-electron chi connectivity index (χ1n) is 6.28. The van der Waals surface area contributed by atoms with Crippen LogP contribution in [0.3, 0.4) is 0 Å². The summed E-state index contributed by atoms with van der Waals surface area (Å²) in [5, 5.41) is 4.46. The SMILES string of the molecule is CC1SCCCC1NC1CCC(=O)N(C)C1. The van der Waals surface area contributed by atoms with Crippen molar-refractivity contribution in [2.75, 3.05) is 19.3 Å². The minimum atomic E-state index is 0.295. The topological polar surface area (TPSA) is 32.3 Å². The Morgan fingerprint density at radius 3 is 2.94 bits per heavy atom. The lowest BCUT2D eigenvalue weighted by Gasteiger charge is -2.36. The largest absolute Gasteiger partial charge is 0.344 e. The van der Waals surface area contributed by atoms with Crippen molar-refractivity contribution in [2.24, 2.45) is 0 Å². The van der Waals surface area contributed by atoms with Crippen LogP contribution in [0, 0.1) is 0 Å². The standard InChI is InChI=1S/C12H22N2OS/c1-9-11(4-3-7-16-9)13-10-5-6-12(15)14(2)8-10/h9-11,13H,3-8H2,1-2H3. The van der Waals surface area contributed by atoms with Gasteiger partial charge in [0.25, 0.3) is 0 Å². The molecule has 0 aliphatic carbocycles. The summed E-state index contributed by atoms with van der Waals surface area (Å²) in [5.74, 6) is 1.60. The number of thioether (sulfide) groups is 1. The van der Waals surface area contributed by atoms with Crippen LogP contribution in [-0.2, 0) is 4.79 Å². The molecule has 3 nitrogen and oxygen atoms in total. The summed E-state index contributed by atoms with van der Waals surface area (Å²) in [6.07, 6.45) is 4.34. The van der Waals surface area contributed by atoms with Crippen molar-refractivity contribution in [3.8, 4) is 0 Å². The van der Waals surface area contributed by atoms with Crippen LogP contribution in [0.2, 0.25) is 0 Å². The molecular weight excluding hydrogens is 220 g/mol. The van der Waals surface area contributed by atoms with E-state index in [0.29, 0.717) is 24.4 Å². The maximum atomic E-state index is 11.4.